The molecule has 0 bridgehead atoms. The van der Waals surface area contributed by atoms with Gasteiger partial charge in [-0.25, -0.2) is 4.98 Å². The topological polar surface area (TPSA) is 61.6 Å². The van der Waals surface area contributed by atoms with Crippen molar-refractivity contribution in [3.8, 4) is 0 Å². The van der Waals surface area contributed by atoms with E-state index in [1.54, 1.807) is 17.0 Å². The fourth-order valence-electron chi connectivity index (χ4n) is 2.94. The quantitative estimate of drug-likeness (QED) is 0.780. The second-order valence-corrected chi connectivity index (χ2v) is 5.75. The van der Waals surface area contributed by atoms with Crippen LogP contribution in [0.25, 0.3) is 0 Å². The third-order valence-corrected chi connectivity index (χ3v) is 4.20. The number of likely N-dealkylation sites (N-methyl/N-ethyl adjacent to an activating group) is 1. The number of carbonyl (C=O) groups is 1. The third-order valence-electron chi connectivity index (χ3n) is 4.20. The van der Waals surface area contributed by atoms with E-state index in [1.165, 1.54) is 0 Å². The van der Waals surface area contributed by atoms with Crippen LogP contribution in [-0.2, 0) is 17.6 Å². The molecular formula is C14H24N4O2. The first kappa shape index (κ1) is 15.2. The summed E-state index contributed by atoms with van der Waals surface area (Å²) in [6.45, 7) is 1.52. The average molecular weight is 280 g/mol. The molecule has 2 heterocycles. The highest BCUT2D eigenvalue weighted by atomic mass is 16.3. The lowest BCUT2D eigenvalue weighted by Crippen LogP contribution is -2.55. The van der Waals surface area contributed by atoms with Gasteiger partial charge in [-0.3, -0.25) is 4.90 Å². The van der Waals surface area contributed by atoms with Crippen molar-refractivity contribution in [1.82, 2.24) is 19.4 Å². The number of aldehydes is 1. The van der Waals surface area contributed by atoms with Crippen molar-refractivity contribution in [1.29, 1.82) is 0 Å². The molecule has 0 amide bonds. The number of aliphatic hydroxyl groups is 1. The Balaban J connectivity index is 2.28. The number of aromatic nitrogens is 2. The van der Waals surface area contributed by atoms with Crippen LogP contribution in [0.2, 0.25) is 0 Å². The minimum Gasteiger partial charge on any atom is -0.368 e. The summed E-state index contributed by atoms with van der Waals surface area (Å²) in [6.07, 6.45) is 6.37. The highest BCUT2D eigenvalue weighted by Crippen LogP contribution is 2.30. The molecule has 1 fully saturated rings. The van der Waals surface area contributed by atoms with Gasteiger partial charge in [0.05, 0.1) is 6.42 Å². The molecule has 1 N–H and O–H groups in total. The molecule has 0 aromatic carbocycles. The number of rotatable bonds is 5. The maximum Gasteiger partial charge on any atom is 0.184 e. The zero-order valence-electron chi connectivity index (χ0n) is 12.5. The highest BCUT2D eigenvalue weighted by Gasteiger charge is 2.41. The molecule has 1 aromatic rings. The molecule has 1 aliphatic heterocycles. The van der Waals surface area contributed by atoms with Crippen LogP contribution < -0.4 is 0 Å². The molecule has 2 rings (SSSR count). The first-order valence-corrected chi connectivity index (χ1v) is 7.04. The van der Waals surface area contributed by atoms with Crippen molar-refractivity contribution in [2.45, 2.75) is 31.0 Å². The van der Waals surface area contributed by atoms with Crippen LogP contribution in [0.3, 0.4) is 0 Å². The Morgan fingerprint density at radius 1 is 1.60 bits per heavy atom. The van der Waals surface area contributed by atoms with Gasteiger partial charge in [-0.15, -0.1) is 0 Å². The predicted molar refractivity (Wildman–Crippen MR) is 76.1 cm³/mol. The van der Waals surface area contributed by atoms with Crippen LogP contribution in [0.5, 0.6) is 0 Å². The Hall–Kier alpha value is -1.24. The number of nitrogens with zero attached hydrogens (tertiary/aromatic N) is 4. The molecule has 0 aliphatic carbocycles. The standard InChI is InChI=1S/C14H24N4O2/c1-16(2)12-5-4-8-18(11-12)14(20,6-10-19)13-15-7-9-17(13)3/h7,9-10,12,20H,4-6,8,11H2,1-3H3/t12?,14-/m1/s1. The van der Waals surface area contributed by atoms with Crippen molar-refractivity contribution < 1.29 is 9.90 Å². The summed E-state index contributed by atoms with van der Waals surface area (Å²) in [5.41, 5.74) is -1.31. The Bertz CT molecular complexity index is 460. The maximum atomic E-state index is 11.1. The zero-order chi connectivity index (χ0) is 14.8. The third kappa shape index (κ3) is 2.77. The van der Waals surface area contributed by atoms with Crippen LogP contribution in [0, 0.1) is 0 Å². The number of piperidine rings is 1. The van der Waals surface area contributed by atoms with E-state index in [0.717, 1.165) is 32.2 Å². The first-order chi connectivity index (χ1) is 9.49. The lowest BCUT2D eigenvalue weighted by molar-refractivity contribution is -0.151. The fourth-order valence-corrected chi connectivity index (χ4v) is 2.94. The lowest BCUT2D eigenvalue weighted by atomic mass is 9.99. The number of hydrogen-bond acceptors (Lipinski definition) is 5. The fraction of sp³-hybridized carbons (Fsp3) is 0.714. The van der Waals surface area contributed by atoms with E-state index in [9.17, 15) is 9.90 Å². The predicted octanol–water partition coefficient (Wildman–Crippen LogP) is 0.180. The van der Waals surface area contributed by atoms with Crippen molar-refractivity contribution in [2.24, 2.45) is 7.05 Å². The van der Waals surface area contributed by atoms with Gasteiger partial charge in [0, 0.05) is 38.6 Å². The Morgan fingerprint density at radius 3 is 2.90 bits per heavy atom. The van der Waals surface area contributed by atoms with E-state index < -0.39 is 5.72 Å². The van der Waals surface area contributed by atoms with E-state index >= 15 is 0 Å². The molecule has 2 atom stereocenters. The SMILES string of the molecule is CN(C)C1CCCN([C@@](O)(CC=O)c2nccn2C)C1. The number of aryl methyl sites for hydroxylation is 1. The molecule has 1 aliphatic rings. The molecule has 0 radical (unpaired) electrons. The van der Waals surface area contributed by atoms with Crippen LogP contribution in [-0.4, -0.2) is 64.0 Å². The maximum absolute atomic E-state index is 11.1. The van der Waals surface area contributed by atoms with Gasteiger partial charge < -0.3 is 19.4 Å². The monoisotopic (exact) mass is 280 g/mol. The van der Waals surface area contributed by atoms with Gasteiger partial charge in [-0.05, 0) is 26.9 Å². The summed E-state index contributed by atoms with van der Waals surface area (Å²) in [7, 11) is 5.94. The van der Waals surface area contributed by atoms with Gasteiger partial charge in [0.15, 0.2) is 11.5 Å². The second kappa shape index (κ2) is 6.03. The number of hydrogen-bond donors (Lipinski definition) is 1. The first-order valence-electron chi connectivity index (χ1n) is 7.04. The van der Waals surface area contributed by atoms with Gasteiger partial charge in [0.2, 0.25) is 0 Å². The van der Waals surface area contributed by atoms with Crippen LogP contribution in [0.15, 0.2) is 12.4 Å². The molecule has 1 unspecified atom stereocenters. The molecule has 1 aromatic heterocycles. The van der Waals surface area contributed by atoms with E-state index in [1.807, 2.05) is 26.0 Å². The highest BCUT2D eigenvalue weighted by molar-refractivity contribution is 5.51. The van der Waals surface area contributed by atoms with E-state index in [0.29, 0.717) is 11.9 Å². The van der Waals surface area contributed by atoms with Gasteiger partial charge >= 0.3 is 0 Å². The van der Waals surface area contributed by atoms with Crippen molar-refractivity contribution >= 4 is 6.29 Å². The molecule has 112 valence electrons. The smallest absolute Gasteiger partial charge is 0.184 e. The average Bonchev–Trinajstić information content (AvgIpc) is 2.86. The van der Waals surface area contributed by atoms with Crippen molar-refractivity contribution in [3.05, 3.63) is 18.2 Å². The second-order valence-electron chi connectivity index (χ2n) is 5.75. The van der Waals surface area contributed by atoms with Crippen molar-refractivity contribution in [3.63, 3.8) is 0 Å². The molecular weight excluding hydrogens is 256 g/mol. The Kier molecular flexibility index (Phi) is 4.57. The lowest BCUT2D eigenvalue weighted by Gasteiger charge is -2.44. The minimum absolute atomic E-state index is 0.0397. The number of likely N-dealkylation sites (tertiary alicyclic amines) is 1. The van der Waals surface area contributed by atoms with Crippen LogP contribution in [0.4, 0.5) is 0 Å². The summed E-state index contributed by atoms with van der Waals surface area (Å²) in [5, 5.41) is 11.1. The molecule has 0 saturated carbocycles. The summed E-state index contributed by atoms with van der Waals surface area (Å²) in [6, 6.07) is 0.391. The Morgan fingerprint density at radius 2 is 2.35 bits per heavy atom. The minimum atomic E-state index is -1.31. The van der Waals surface area contributed by atoms with E-state index in [4.69, 9.17) is 0 Å². The summed E-state index contributed by atoms with van der Waals surface area (Å²) < 4.78 is 1.78. The summed E-state index contributed by atoms with van der Waals surface area (Å²) >= 11 is 0. The summed E-state index contributed by atoms with van der Waals surface area (Å²) in [4.78, 5) is 19.5. The van der Waals surface area contributed by atoms with Gasteiger partial charge in [-0.2, -0.15) is 0 Å². The van der Waals surface area contributed by atoms with Gasteiger partial charge in [0.25, 0.3) is 0 Å². The molecule has 0 spiro atoms. The largest absolute Gasteiger partial charge is 0.368 e. The van der Waals surface area contributed by atoms with Crippen LogP contribution >= 0.6 is 0 Å². The molecule has 6 heteroatoms. The number of carbonyl (C=O) groups excluding carboxylic acids is 1. The number of imidazole rings is 1. The Labute approximate surface area is 120 Å². The molecule has 1 saturated heterocycles. The van der Waals surface area contributed by atoms with Crippen molar-refractivity contribution in [2.75, 3.05) is 27.2 Å². The van der Waals surface area contributed by atoms with Crippen LogP contribution in [0.1, 0.15) is 25.1 Å². The van der Waals surface area contributed by atoms with Gasteiger partial charge in [-0.1, -0.05) is 0 Å². The zero-order valence-corrected chi connectivity index (χ0v) is 12.5. The summed E-state index contributed by atoms with van der Waals surface area (Å²) in [5.74, 6) is 0.531. The normalized spacial score (nSPS) is 23.8. The van der Waals surface area contributed by atoms with E-state index in [-0.39, 0.29) is 6.42 Å². The molecule has 20 heavy (non-hydrogen) atoms. The van der Waals surface area contributed by atoms with Gasteiger partial charge in [0.1, 0.15) is 6.29 Å². The molecule has 6 nitrogen and oxygen atoms in total. The van der Waals surface area contributed by atoms with E-state index in [2.05, 4.69) is 9.88 Å².